The van der Waals surface area contributed by atoms with E-state index in [9.17, 15) is 0 Å². The van der Waals surface area contributed by atoms with Gasteiger partial charge in [0.1, 0.15) is 18.1 Å². The molecule has 0 spiro atoms. The monoisotopic (exact) mass is 290 g/mol. The fourth-order valence-corrected chi connectivity index (χ4v) is 2.18. The fraction of sp³-hybridized carbons (Fsp3) is 0.467. The molecule has 2 aromatic rings. The highest BCUT2D eigenvalue weighted by Crippen LogP contribution is 2.25. The van der Waals surface area contributed by atoms with Crippen LogP contribution in [0.3, 0.4) is 0 Å². The predicted molar refractivity (Wildman–Crippen MR) is 81.6 cm³/mol. The van der Waals surface area contributed by atoms with Gasteiger partial charge in [-0.15, -0.1) is 5.10 Å². The summed E-state index contributed by atoms with van der Waals surface area (Å²) < 4.78 is 12.6. The topological polar surface area (TPSA) is 75.2 Å². The maximum atomic E-state index is 5.89. The molecule has 0 aliphatic rings. The molecular formula is C15H22N4O2. The number of nitrogen functional groups attached to an aromatic ring is 1. The number of anilines is 1. The first-order valence-electron chi connectivity index (χ1n) is 6.88. The highest BCUT2D eigenvalue weighted by Gasteiger charge is 2.23. The van der Waals surface area contributed by atoms with Crippen molar-refractivity contribution in [1.29, 1.82) is 0 Å². The molecule has 2 N–H and O–H groups in total. The number of nitrogens with two attached hydrogens (primary N) is 1. The summed E-state index contributed by atoms with van der Waals surface area (Å²) in [6, 6.07) is 7.48. The molecular weight excluding hydrogens is 268 g/mol. The minimum atomic E-state index is -0.103. The molecule has 0 bridgehead atoms. The Balaban J connectivity index is 1.97. The van der Waals surface area contributed by atoms with Crippen molar-refractivity contribution in [3.63, 3.8) is 0 Å². The van der Waals surface area contributed by atoms with Crippen LogP contribution in [0.2, 0.25) is 0 Å². The second-order valence-corrected chi connectivity index (χ2v) is 5.82. The van der Waals surface area contributed by atoms with Gasteiger partial charge in [0.25, 0.3) is 0 Å². The third-order valence-electron chi connectivity index (χ3n) is 3.10. The third kappa shape index (κ3) is 3.65. The minimum absolute atomic E-state index is 0.103. The van der Waals surface area contributed by atoms with Gasteiger partial charge in [-0.2, -0.15) is 0 Å². The van der Waals surface area contributed by atoms with E-state index in [1.54, 1.807) is 11.8 Å². The Morgan fingerprint density at radius 2 is 1.76 bits per heavy atom. The van der Waals surface area contributed by atoms with Gasteiger partial charge < -0.3 is 15.2 Å². The molecule has 1 heterocycles. The lowest BCUT2D eigenvalue weighted by molar-refractivity contribution is 0.283. The number of rotatable bonds is 5. The van der Waals surface area contributed by atoms with Crippen molar-refractivity contribution in [3.8, 4) is 11.5 Å². The quantitative estimate of drug-likeness (QED) is 0.914. The Kier molecular flexibility index (Phi) is 4.35. The van der Waals surface area contributed by atoms with Crippen molar-refractivity contribution in [2.75, 3.05) is 19.5 Å². The predicted octanol–water partition coefficient (Wildman–Crippen LogP) is 2.25. The van der Waals surface area contributed by atoms with Crippen LogP contribution in [0.15, 0.2) is 24.3 Å². The maximum absolute atomic E-state index is 5.89. The highest BCUT2D eigenvalue weighted by atomic mass is 16.5. The molecule has 21 heavy (non-hydrogen) atoms. The van der Waals surface area contributed by atoms with Crippen molar-refractivity contribution in [1.82, 2.24) is 15.0 Å². The average molecular weight is 290 g/mol. The normalized spacial score (nSPS) is 11.4. The van der Waals surface area contributed by atoms with E-state index in [0.717, 1.165) is 17.2 Å². The van der Waals surface area contributed by atoms with Crippen LogP contribution in [0.4, 0.5) is 5.82 Å². The first kappa shape index (κ1) is 15.2. The van der Waals surface area contributed by atoms with Gasteiger partial charge in [-0.1, -0.05) is 26.0 Å². The Labute approximate surface area is 124 Å². The molecule has 0 radical (unpaired) electrons. The van der Waals surface area contributed by atoms with Crippen LogP contribution in [-0.2, 0) is 12.0 Å². The summed E-state index contributed by atoms with van der Waals surface area (Å²) in [6.07, 6.45) is 0. The van der Waals surface area contributed by atoms with Crippen LogP contribution < -0.4 is 15.2 Å². The number of hydrogen-bond donors (Lipinski definition) is 1. The Morgan fingerprint density at radius 3 is 2.33 bits per heavy atom. The number of hydrogen-bond acceptors (Lipinski definition) is 5. The molecule has 1 aromatic carbocycles. The Bertz CT molecular complexity index is 585. The zero-order chi connectivity index (χ0) is 15.5. The van der Waals surface area contributed by atoms with Crippen LogP contribution in [-0.4, -0.2) is 28.7 Å². The van der Waals surface area contributed by atoms with E-state index in [1.165, 1.54) is 0 Å². The lowest BCUT2D eigenvalue weighted by Crippen LogP contribution is -2.22. The fourth-order valence-electron chi connectivity index (χ4n) is 2.18. The molecule has 0 aliphatic carbocycles. The number of nitrogens with zero attached hydrogens (tertiary/aromatic N) is 3. The van der Waals surface area contributed by atoms with E-state index in [4.69, 9.17) is 15.2 Å². The molecule has 0 atom stereocenters. The van der Waals surface area contributed by atoms with E-state index in [-0.39, 0.29) is 5.41 Å². The Morgan fingerprint density at radius 1 is 1.14 bits per heavy atom. The minimum Gasteiger partial charge on any atom is -0.497 e. The summed E-state index contributed by atoms with van der Waals surface area (Å²) in [6.45, 7) is 7.36. The maximum Gasteiger partial charge on any atom is 0.169 e. The smallest absolute Gasteiger partial charge is 0.169 e. The zero-order valence-electron chi connectivity index (χ0n) is 13.0. The van der Waals surface area contributed by atoms with Gasteiger partial charge in [0, 0.05) is 5.41 Å². The van der Waals surface area contributed by atoms with E-state index in [0.29, 0.717) is 19.0 Å². The SMILES string of the molecule is COc1ccc(OCCn2nnc(N)c2C(C)(C)C)cc1. The van der Waals surface area contributed by atoms with E-state index < -0.39 is 0 Å². The van der Waals surface area contributed by atoms with Crippen LogP contribution in [0, 0.1) is 0 Å². The molecule has 2 rings (SSSR count). The number of benzene rings is 1. The van der Waals surface area contributed by atoms with Gasteiger partial charge in [0.2, 0.25) is 0 Å². The molecule has 0 aliphatic heterocycles. The van der Waals surface area contributed by atoms with Crippen molar-refractivity contribution >= 4 is 5.82 Å². The summed E-state index contributed by atoms with van der Waals surface area (Å²) in [5.41, 5.74) is 6.72. The second-order valence-electron chi connectivity index (χ2n) is 5.82. The average Bonchev–Trinajstić information content (AvgIpc) is 2.80. The lowest BCUT2D eigenvalue weighted by Gasteiger charge is -2.20. The van der Waals surface area contributed by atoms with Crippen molar-refractivity contribution in [3.05, 3.63) is 30.0 Å². The molecule has 6 nitrogen and oxygen atoms in total. The van der Waals surface area contributed by atoms with Crippen molar-refractivity contribution < 1.29 is 9.47 Å². The first-order valence-corrected chi connectivity index (χ1v) is 6.88. The zero-order valence-corrected chi connectivity index (χ0v) is 13.0. The number of methoxy groups -OCH3 is 1. The highest BCUT2D eigenvalue weighted by molar-refractivity contribution is 5.37. The van der Waals surface area contributed by atoms with Gasteiger partial charge in [-0.25, -0.2) is 4.68 Å². The van der Waals surface area contributed by atoms with Crippen LogP contribution in [0.5, 0.6) is 11.5 Å². The van der Waals surface area contributed by atoms with Gasteiger partial charge in [-0.3, -0.25) is 0 Å². The lowest BCUT2D eigenvalue weighted by atomic mass is 9.92. The summed E-state index contributed by atoms with van der Waals surface area (Å²) in [5, 5.41) is 8.03. The number of ether oxygens (including phenoxy) is 2. The third-order valence-corrected chi connectivity index (χ3v) is 3.10. The molecule has 0 unspecified atom stereocenters. The molecule has 1 aromatic heterocycles. The molecule has 0 saturated carbocycles. The van der Waals surface area contributed by atoms with E-state index in [2.05, 4.69) is 31.1 Å². The largest absolute Gasteiger partial charge is 0.497 e. The van der Waals surface area contributed by atoms with Crippen LogP contribution >= 0.6 is 0 Å². The van der Waals surface area contributed by atoms with Crippen molar-refractivity contribution in [2.45, 2.75) is 32.7 Å². The Hall–Kier alpha value is -2.24. The summed E-state index contributed by atoms with van der Waals surface area (Å²) in [4.78, 5) is 0. The summed E-state index contributed by atoms with van der Waals surface area (Å²) in [7, 11) is 1.64. The molecule has 0 amide bonds. The molecule has 6 heteroatoms. The summed E-state index contributed by atoms with van der Waals surface area (Å²) >= 11 is 0. The van der Waals surface area contributed by atoms with Crippen molar-refractivity contribution in [2.24, 2.45) is 0 Å². The van der Waals surface area contributed by atoms with Gasteiger partial charge in [0.05, 0.1) is 19.3 Å². The second kappa shape index (κ2) is 6.03. The van der Waals surface area contributed by atoms with Gasteiger partial charge in [0.15, 0.2) is 5.82 Å². The van der Waals surface area contributed by atoms with E-state index >= 15 is 0 Å². The standard InChI is InChI=1S/C15H22N4O2/c1-15(2,3)13-14(16)17-18-19(13)9-10-21-12-7-5-11(20-4)6-8-12/h5-8H,9-10,16H2,1-4H3. The van der Waals surface area contributed by atoms with Gasteiger partial charge >= 0.3 is 0 Å². The first-order chi connectivity index (χ1) is 9.91. The van der Waals surface area contributed by atoms with Gasteiger partial charge in [-0.05, 0) is 24.3 Å². The molecule has 114 valence electrons. The molecule has 0 fully saturated rings. The van der Waals surface area contributed by atoms with E-state index in [1.807, 2.05) is 24.3 Å². The number of aromatic nitrogens is 3. The van der Waals surface area contributed by atoms with Crippen LogP contribution in [0.1, 0.15) is 26.5 Å². The molecule has 0 saturated heterocycles. The summed E-state index contributed by atoms with van der Waals surface area (Å²) in [5.74, 6) is 2.08. The van der Waals surface area contributed by atoms with Crippen LogP contribution in [0.25, 0.3) is 0 Å².